The Bertz CT molecular complexity index is 439. The van der Waals surface area contributed by atoms with Crippen molar-refractivity contribution in [2.75, 3.05) is 4.72 Å². The summed E-state index contributed by atoms with van der Waals surface area (Å²) in [7, 11) is -3.36. The average molecular weight is 313 g/mol. The zero-order chi connectivity index (χ0) is 11.6. The maximum absolute atomic E-state index is 11.6. The van der Waals surface area contributed by atoms with Crippen LogP contribution in [0.2, 0.25) is 5.02 Å². The Morgan fingerprint density at radius 3 is 2.47 bits per heavy atom. The molecule has 0 heterocycles. The first-order chi connectivity index (χ1) is 6.84. The van der Waals surface area contributed by atoms with E-state index >= 15 is 0 Å². The van der Waals surface area contributed by atoms with E-state index in [0.29, 0.717) is 15.2 Å². The quantitative estimate of drug-likeness (QED) is 0.931. The van der Waals surface area contributed by atoms with Gasteiger partial charge in [-0.2, -0.15) is 0 Å². The molecule has 6 heteroatoms. The third kappa shape index (κ3) is 3.09. The lowest BCUT2D eigenvalue weighted by Gasteiger charge is -2.13. The highest BCUT2D eigenvalue weighted by molar-refractivity contribution is 9.10. The highest BCUT2D eigenvalue weighted by Gasteiger charge is 2.18. The molecule has 0 spiro atoms. The number of para-hydroxylation sites is 1. The van der Waals surface area contributed by atoms with Crippen molar-refractivity contribution in [2.45, 2.75) is 19.1 Å². The summed E-state index contributed by atoms with van der Waals surface area (Å²) in [6.45, 7) is 3.21. The monoisotopic (exact) mass is 311 g/mol. The molecular formula is C9H11BrClNO2S. The molecule has 0 aliphatic carbocycles. The van der Waals surface area contributed by atoms with E-state index in [-0.39, 0.29) is 0 Å². The van der Waals surface area contributed by atoms with Gasteiger partial charge >= 0.3 is 0 Å². The minimum atomic E-state index is -3.36. The summed E-state index contributed by atoms with van der Waals surface area (Å²) in [5.41, 5.74) is 0.382. The minimum absolute atomic E-state index is 0.369. The second-order valence-electron chi connectivity index (χ2n) is 3.29. The first-order valence-corrected chi connectivity index (χ1v) is 7.02. The molecule has 0 bridgehead atoms. The van der Waals surface area contributed by atoms with Crippen LogP contribution in [0.15, 0.2) is 22.7 Å². The van der Waals surface area contributed by atoms with Gasteiger partial charge in [-0.15, -0.1) is 0 Å². The molecule has 84 valence electrons. The van der Waals surface area contributed by atoms with Crippen molar-refractivity contribution in [2.24, 2.45) is 0 Å². The molecule has 0 fully saturated rings. The van der Waals surface area contributed by atoms with Crippen LogP contribution in [0, 0.1) is 0 Å². The van der Waals surface area contributed by atoms with Gasteiger partial charge in [0.1, 0.15) is 0 Å². The van der Waals surface area contributed by atoms with Gasteiger partial charge in [0.15, 0.2) is 0 Å². The van der Waals surface area contributed by atoms with Crippen LogP contribution in [-0.2, 0) is 10.0 Å². The summed E-state index contributed by atoms with van der Waals surface area (Å²) in [5.74, 6) is 0. The Morgan fingerprint density at radius 1 is 1.40 bits per heavy atom. The van der Waals surface area contributed by atoms with Crippen molar-refractivity contribution in [1.82, 2.24) is 0 Å². The number of anilines is 1. The van der Waals surface area contributed by atoms with E-state index in [0.717, 1.165) is 0 Å². The Labute approximate surface area is 103 Å². The summed E-state index contributed by atoms with van der Waals surface area (Å²) in [6.07, 6.45) is 0. The lowest BCUT2D eigenvalue weighted by Crippen LogP contribution is -2.22. The minimum Gasteiger partial charge on any atom is -0.281 e. The predicted octanol–water partition coefficient (Wildman–Crippen LogP) is 3.25. The normalized spacial score (nSPS) is 11.8. The fraction of sp³-hybridized carbons (Fsp3) is 0.333. The fourth-order valence-corrected chi connectivity index (χ4v) is 2.58. The molecule has 1 N–H and O–H groups in total. The molecule has 0 unspecified atom stereocenters. The molecule has 1 aromatic rings. The molecular weight excluding hydrogens is 302 g/mol. The highest BCUT2D eigenvalue weighted by atomic mass is 79.9. The van der Waals surface area contributed by atoms with Crippen molar-refractivity contribution < 1.29 is 8.42 Å². The Morgan fingerprint density at radius 2 is 2.00 bits per heavy atom. The molecule has 0 saturated carbocycles. The molecule has 3 nitrogen and oxygen atoms in total. The molecule has 0 atom stereocenters. The van der Waals surface area contributed by atoms with Gasteiger partial charge in [0.05, 0.1) is 16.0 Å². The molecule has 1 rings (SSSR count). The zero-order valence-electron chi connectivity index (χ0n) is 8.29. The topological polar surface area (TPSA) is 46.2 Å². The van der Waals surface area contributed by atoms with E-state index in [1.54, 1.807) is 32.0 Å². The summed E-state index contributed by atoms with van der Waals surface area (Å²) in [5, 5.41) is -0.130. The zero-order valence-corrected chi connectivity index (χ0v) is 11.4. The number of halogens is 2. The molecule has 0 amide bonds. The van der Waals surface area contributed by atoms with E-state index in [1.807, 2.05) is 0 Å². The van der Waals surface area contributed by atoms with E-state index in [9.17, 15) is 8.42 Å². The number of nitrogens with one attached hydrogen (secondary N) is 1. The van der Waals surface area contributed by atoms with Crippen LogP contribution < -0.4 is 4.72 Å². The van der Waals surface area contributed by atoms with Gasteiger partial charge in [0, 0.05) is 4.47 Å². The lowest BCUT2D eigenvalue weighted by atomic mass is 10.3. The Kier molecular flexibility index (Phi) is 4.03. The maximum Gasteiger partial charge on any atom is 0.235 e. The molecule has 0 aliphatic heterocycles. The summed E-state index contributed by atoms with van der Waals surface area (Å²) in [4.78, 5) is 0. The van der Waals surface area contributed by atoms with Gasteiger partial charge in [-0.25, -0.2) is 8.42 Å². The van der Waals surface area contributed by atoms with Crippen LogP contribution in [0.3, 0.4) is 0 Å². The number of benzene rings is 1. The van der Waals surface area contributed by atoms with Crippen molar-refractivity contribution in [3.05, 3.63) is 27.7 Å². The first-order valence-electron chi connectivity index (χ1n) is 4.30. The molecule has 0 aliphatic rings. The van der Waals surface area contributed by atoms with Gasteiger partial charge in [0.2, 0.25) is 10.0 Å². The van der Waals surface area contributed by atoms with Crippen molar-refractivity contribution in [1.29, 1.82) is 0 Å². The summed E-state index contributed by atoms with van der Waals surface area (Å²) in [6, 6.07) is 5.09. The number of sulfonamides is 1. The predicted molar refractivity (Wildman–Crippen MR) is 66.8 cm³/mol. The molecule has 15 heavy (non-hydrogen) atoms. The van der Waals surface area contributed by atoms with Gasteiger partial charge in [-0.3, -0.25) is 4.72 Å². The summed E-state index contributed by atoms with van der Waals surface area (Å²) < 4.78 is 26.3. The second kappa shape index (κ2) is 4.72. The van der Waals surface area contributed by atoms with Gasteiger partial charge < -0.3 is 0 Å². The number of hydrogen-bond acceptors (Lipinski definition) is 2. The van der Waals surface area contributed by atoms with Gasteiger partial charge in [0.25, 0.3) is 0 Å². The van der Waals surface area contributed by atoms with E-state index in [1.165, 1.54) is 0 Å². The number of rotatable bonds is 3. The van der Waals surface area contributed by atoms with E-state index in [2.05, 4.69) is 20.7 Å². The fourth-order valence-electron chi connectivity index (χ4n) is 0.855. The largest absolute Gasteiger partial charge is 0.281 e. The van der Waals surface area contributed by atoms with Crippen LogP contribution in [0.1, 0.15) is 13.8 Å². The molecule has 0 aromatic heterocycles. The maximum atomic E-state index is 11.6. The van der Waals surface area contributed by atoms with E-state index in [4.69, 9.17) is 11.6 Å². The Balaban J connectivity index is 3.11. The summed E-state index contributed by atoms with van der Waals surface area (Å²) >= 11 is 9.12. The highest BCUT2D eigenvalue weighted by Crippen LogP contribution is 2.31. The van der Waals surface area contributed by atoms with Crippen LogP contribution in [0.25, 0.3) is 0 Å². The number of hydrogen-bond donors (Lipinski definition) is 1. The molecule has 0 radical (unpaired) electrons. The van der Waals surface area contributed by atoms with Crippen LogP contribution >= 0.6 is 27.5 Å². The van der Waals surface area contributed by atoms with Crippen LogP contribution in [-0.4, -0.2) is 13.7 Å². The van der Waals surface area contributed by atoms with Gasteiger partial charge in [-0.1, -0.05) is 17.7 Å². The van der Waals surface area contributed by atoms with Crippen LogP contribution in [0.4, 0.5) is 5.69 Å². The third-order valence-corrected chi connectivity index (χ3v) is 4.53. The van der Waals surface area contributed by atoms with Crippen molar-refractivity contribution in [3.63, 3.8) is 0 Å². The average Bonchev–Trinajstić information content (AvgIpc) is 2.11. The SMILES string of the molecule is CC(C)S(=O)(=O)Nc1c(Cl)cccc1Br. The van der Waals surface area contributed by atoms with Gasteiger partial charge in [-0.05, 0) is 41.9 Å². The van der Waals surface area contributed by atoms with Crippen molar-refractivity contribution >= 4 is 43.2 Å². The second-order valence-corrected chi connectivity index (χ2v) is 6.79. The molecule has 1 aromatic carbocycles. The first kappa shape index (κ1) is 12.8. The third-order valence-electron chi connectivity index (χ3n) is 1.83. The smallest absolute Gasteiger partial charge is 0.235 e. The lowest BCUT2D eigenvalue weighted by molar-refractivity contribution is 0.593. The van der Waals surface area contributed by atoms with Crippen LogP contribution in [0.5, 0.6) is 0 Å². The Hall–Kier alpha value is -0.260. The molecule has 0 saturated heterocycles. The standard InChI is InChI=1S/C9H11BrClNO2S/c1-6(2)15(13,14)12-9-7(10)4-3-5-8(9)11/h3-6,12H,1-2H3. The van der Waals surface area contributed by atoms with Crippen molar-refractivity contribution in [3.8, 4) is 0 Å². The van der Waals surface area contributed by atoms with E-state index < -0.39 is 15.3 Å².